The van der Waals surface area contributed by atoms with E-state index in [0.717, 1.165) is 18.4 Å². The number of rotatable bonds is 3. The number of hydrogen-bond acceptors (Lipinski definition) is 1. The number of benzene rings is 1. The van der Waals surface area contributed by atoms with Crippen LogP contribution in [0.3, 0.4) is 0 Å². The Balaban J connectivity index is 1.87. The van der Waals surface area contributed by atoms with E-state index in [4.69, 9.17) is 0 Å². The Bertz CT molecular complexity index is 402. The molecule has 2 rings (SSSR count). The molecule has 1 fully saturated rings. The Labute approximate surface area is 94.0 Å². The van der Waals surface area contributed by atoms with Gasteiger partial charge in [-0.05, 0) is 25.8 Å². The summed E-state index contributed by atoms with van der Waals surface area (Å²) in [6.45, 7) is 2.12. The monoisotopic (exact) mass is 222 g/mol. The molecule has 0 bridgehead atoms. The highest BCUT2D eigenvalue weighted by Gasteiger charge is 2.22. The number of hydrogen-bond donors (Lipinski definition) is 2. The number of amides is 2. The second-order valence-corrected chi connectivity index (χ2v) is 4.20. The zero-order valence-corrected chi connectivity index (χ0v) is 9.22. The van der Waals surface area contributed by atoms with E-state index >= 15 is 0 Å². The second kappa shape index (κ2) is 4.51. The zero-order chi connectivity index (χ0) is 11.5. The summed E-state index contributed by atoms with van der Waals surface area (Å²) in [5.41, 5.74) is 1.51. The first-order chi connectivity index (χ1) is 7.65. The van der Waals surface area contributed by atoms with Crippen molar-refractivity contribution < 1.29 is 9.18 Å². The summed E-state index contributed by atoms with van der Waals surface area (Å²) in [4.78, 5) is 11.3. The highest BCUT2D eigenvalue weighted by atomic mass is 19.1. The molecule has 0 atom stereocenters. The van der Waals surface area contributed by atoms with Gasteiger partial charge in [0.2, 0.25) is 0 Å². The minimum Gasteiger partial charge on any atom is -0.335 e. The molecule has 4 heteroatoms. The van der Waals surface area contributed by atoms with E-state index in [1.54, 1.807) is 12.1 Å². The van der Waals surface area contributed by atoms with Crippen molar-refractivity contribution in [1.29, 1.82) is 0 Å². The topological polar surface area (TPSA) is 41.1 Å². The molecule has 1 aliphatic carbocycles. The molecule has 3 nitrogen and oxygen atoms in total. The molecule has 0 unspecified atom stereocenters. The van der Waals surface area contributed by atoms with E-state index in [-0.39, 0.29) is 18.4 Å². The third-order valence-electron chi connectivity index (χ3n) is 2.55. The van der Waals surface area contributed by atoms with Gasteiger partial charge in [0.15, 0.2) is 0 Å². The standard InChI is InChI=1S/C12H15FN2O/c1-8-2-5-11(13)9(6-8)7-14-12(16)15-10-3-4-10/h2,5-6,10H,3-4,7H2,1H3,(H2,14,15,16). The highest BCUT2D eigenvalue weighted by molar-refractivity contribution is 5.74. The van der Waals surface area contributed by atoms with Crippen LogP contribution < -0.4 is 10.6 Å². The lowest BCUT2D eigenvalue weighted by molar-refractivity contribution is 0.240. The van der Waals surface area contributed by atoms with Crippen molar-refractivity contribution in [3.8, 4) is 0 Å². The third kappa shape index (κ3) is 2.95. The first-order valence-electron chi connectivity index (χ1n) is 5.44. The van der Waals surface area contributed by atoms with Crippen molar-refractivity contribution in [2.24, 2.45) is 0 Å². The molecule has 0 aliphatic heterocycles. The van der Waals surface area contributed by atoms with Crippen molar-refractivity contribution in [2.75, 3.05) is 0 Å². The first kappa shape index (κ1) is 10.9. The number of aryl methyl sites for hydroxylation is 1. The van der Waals surface area contributed by atoms with E-state index in [1.165, 1.54) is 6.07 Å². The molecule has 0 spiro atoms. The molecular weight excluding hydrogens is 207 g/mol. The molecule has 0 radical (unpaired) electrons. The fourth-order valence-corrected chi connectivity index (χ4v) is 1.48. The minimum absolute atomic E-state index is 0.219. The molecule has 0 saturated heterocycles. The maximum atomic E-state index is 13.3. The van der Waals surface area contributed by atoms with Crippen molar-refractivity contribution in [2.45, 2.75) is 32.4 Å². The number of carbonyl (C=O) groups is 1. The zero-order valence-electron chi connectivity index (χ0n) is 9.22. The van der Waals surface area contributed by atoms with Gasteiger partial charge >= 0.3 is 6.03 Å². The highest BCUT2D eigenvalue weighted by Crippen LogP contribution is 2.18. The molecule has 0 heterocycles. The van der Waals surface area contributed by atoms with E-state index in [0.29, 0.717) is 11.6 Å². The fraction of sp³-hybridized carbons (Fsp3) is 0.417. The lowest BCUT2D eigenvalue weighted by atomic mass is 10.1. The normalized spacial score (nSPS) is 14.6. The van der Waals surface area contributed by atoms with Crippen LogP contribution in [0.4, 0.5) is 9.18 Å². The number of carbonyl (C=O) groups excluding carboxylic acids is 1. The van der Waals surface area contributed by atoms with Crippen LogP contribution in [0, 0.1) is 12.7 Å². The Kier molecular flexibility index (Phi) is 3.08. The van der Waals surface area contributed by atoms with E-state index < -0.39 is 0 Å². The van der Waals surface area contributed by atoms with Crippen LogP contribution in [0.15, 0.2) is 18.2 Å². The Morgan fingerprint density at radius 3 is 2.94 bits per heavy atom. The Morgan fingerprint density at radius 1 is 1.50 bits per heavy atom. The van der Waals surface area contributed by atoms with Gasteiger partial charge in [0.1, 0.15) is 5.82 Å². The lowest BCUT2D eigenvalue weighted by Gasteiger charge is -2.08. The average Bonchev–Trinajstić information content (AvgIpc) is 3.03. The predicted molar refractivity (Wildman–Crippen MR) is 59.5 cm³/mol. The van der Waals surface area contributed by atoms with Gasteiger partial charge in [0, 0.05) is 18.2 Å². The van der Waals surface area contributed by atoms with Gasteiger partial charge in [-0.1, -0.05) is 17.7 Å². The molecule has 1 aromatic carbocycles. The Hall–Kier alpha value is -1.58. The van der Waals surface area contributed by atoms with Crippen LogP contribution in [-0.2, 0) is 6.54 Å². The molecule has 1 saturated carbocycles. The van der Waals surface area contributed by atoms with Gasteiger partial charge in [-0.15, -0.1) is 0 Å². The fourth-order valence-electron chi connectivity index (χ4n) is 1.48. The van der Waals surface area contributed by atoms with Crippen LogP contribution in [0.2, 0.25) is 0 Å². The average molecular weight is 222 g/mol. The summed E-state index contributed by atoms with van der Waals surface area (Å²) in [6.07, 6.45) is 2.10. The summed E-state index contributed by atoms with van der Waals surface area (Å²) in [5.74, 6) is -0.280. The second-order valence-electron chi connectivity index (χ2n) is 4.20. The van der Waals surface area contributed by atoms with E-state index in [9.17, 15) is 9.18 Å². The van der Waals surface area contributed by atoms with Crippen molar-refractivity contribution in [3.63, 3.8) is 0 Å². The summed E-state index contributed by atoms with van der Waals surface area (Å²) in [7, 11) is 0. The van der Waals surface area contributed by atoms with Crippen molar-refractivity contribution in [3.05, 3.63) is 35.1 Å². The van der Waals surface area contributed by atoms with Crippen LogP contribution in [-0.4, -0.2) is 12.1 Å². The Morgan fingerprint density at radius 2 is 2.25 bits per heavy atom. The van der Waals surface area contributed by atoms with E-state index in [1.807, 2.05) is 6.92 Å². The maximum absolute atomic E-state index is 13.3. The predicted octanol–water partition coefficient (Wildman–Crippen LogP) is 2.10. The summed E-state index contributed by atoms with van der Waals surface area (Å²) in [6, 6.07) is 4.98. The lowest BCUT2D eigenvalue weighted by Crippen LogP contribution is -2.36. The summed E-state index contributed by atoms with van der Waals surface area (Å²) >= 11 is 0. The molecule has 0 aromatic heterocycles. The summed E-state index contributed by atoms with van der Waals surface area (Å²) in [5, 5.41) is 5.43. The molecule has 2 N–H and O–H groups in total. The van der Waals surface area contributed by atoms with Crippen molar-refractivity contribution in [1.82, 2.24) is 10.6 Å². The van der Waals surface area contributed by atoms with Crippen molar-refractivity contribution >= 4 is 6.03 Å². The minimum atomic E-state index is -0.280. The van der Waals surface area contributed by atoms with Gasteiger partial charge in [-0.2, -0.15) is 0 Å². The number of nitrogens with one attached hydrogen (secondary N) is 2. The van der Waals surface area contributed by atoms with Gasteiger partial charge in [0.25, 0.3) is 0 Å². The van der Waals surface area contributed by atoms with Crippen LogP contribution in [0.25, 0.3) is 0 Å². The maximum Gasteiger partial charge on any atom is 0.315 e. The van der Waals surface area contributed by atoms with Gasteiger partial charge in [0.05, 0.1) is 0 Å². The molecule has 16 heavy (non-hydrogen) atoms. The summed E-state index contributed by atoms with van der Waals surface area (Å²) < 4.78 is 13.3. The van der Waals surface area contributed by atoms with Crippen LogP contribution in [0.5, 0.6) is 0 Å². The van der Waals surface area contributed by atoms with Gasteiger partial charge in [-0.3, -0.25) is 0 Å². The van der Waals surface area contributed by atoms with Crippen LogP contribution >= 0.6 is 0 Å². The largest absolute Gasteiger partial charge is 0.335 e. The molecule has 2 amide bonds. The van der Waals surface area contributed by atoms with E-state index in [2.05, 4.69) is 10.6 Å². The molecule has 1 aromatic rings. The third-order valence-corrected chi connectivity index (χ3v) is 2.55. The van der Waals surface area contributed by atoms with Crippen LogP contribution in [0.1, 0.15) is 24.0 Å². The molecular formula is C12H15FN2O. The smallest absolute Gasteiger partial charge is 0.315 e. The van der Waals surface area contributed by atoms with Gasteiger partial charge in [-0.25, -0.2) is 9.18 Å². The quantitative estimate of drug-likeness (QED) is 0.807. The van der Waals surface area contributed by atoms with Gasteiger partial charge < -0.3 is 10.6 Å². The number of halogens is 1. The number of urea groups is 1. The molecule has 86 valence electrons. The molecule has 1 aliphatic rings. The SMILES string of the molecule is Cc1ccc(F)c(CNC(=O)NC2CC2)c1. The first-order valence-corrected chi connectivity index (χ1v) is 5.44.